The molecule has 0 aliphatic carbocycles. The molecule has 2 heterocycles. The van der Waals surface area contributed by atoms with Crippen LogP contribution in [0.1, 0.15) is 22.4 Å². The summed E-state index contributed by atoms with van der Waals surface area (Å²) in [5.41, 5.74) is 6.31. The number of nitrogens with zero attached hydrogens (tertiary/aromatic N) is 2. The number of aromatic nitrogens is 2. The van der Waals surface area contributed by atoms with Crippen LogP contribution < -0.4 is 11.1 Å². The number of nitrogens with two attached hydrogens (primary N) is 1. The number of carbonyl (C=O) groups excluding carboxylic acids is 1. The molecule has 6 heteroatoms. The number of rotatable bonds is 5. The molecule has 0 saturated heterocycles. The molecule has 0 spiro atoms. The van der Waals surface area contributed by atoms with Gasteiger partial charge in [-0.3, -0.25) is 4.79 Å². The lowest BCUT2D eigenvalue weighted by Gasteiger charge is -2.03. The molecule has 0 saturated carbocycles. The zero-order valence-electron chi connectivity index (χ0n) is 10.4. The van der Waals surface area contributed by atoms with E-state index in [-0.39, 0.29) is 5.78 Å². The molecule has 5 nitrogen and oxygen atoms in total. The fourth-order valence-corrected chi connectivity index (χ4v) is 2.60. The summed E-state index contributed by atoms with van der Waals surface area (Å²) < 4.78 is 1.99. The van der Waals surface area contributed by atoms with Crippen LogP contribution in [0, 0.1) is 0 Å². The molecule has 2 rings (SSSR count). The van der Waals surface area contributed by atoms with Gasteiger partial charge in [0.05, 0.1) is 15.6 Å². The van der Waals surface area contributed by atoms with Gasteiger partial charge in [0, 0.05) is 39.3 Å². The maximum atomic E-state index is 11.3. The van der Waals surface area contributed by atoms with Gasteiger partial charge in [-0.15, -0.1) is 11.3 Å². The van der Waals surface area contributed by atoms with Crippen molar-refractivity contribution in [1.82, 2.24) is 9.55 Å². The maximum Gasteiger partial charge on any atom is 0.171 e. The topological polar surface area (TPSA) is 72.9 Å². The Labute approximate surface area is 110 Å². The van der Waals surface area contributed by atoms with Crippen molar-refractivity contribution < 1.29 is 4.79 Å². The van der Waals surface area contributed by atoms with E-state index in [0.29, 0.717) is 10.6 Å². The maximum absolute atomic E-state index is 11.3. The van der Waals surface area contributed by atoms with Gasteiger partial charge in [-0.2, -0.15) is 0 Å². The van der Waals surface area contributed by atoms with Crippen molar-refractivity contribution >= 4 is 27.8 Å². The number of ketones is 1. The third kappa shape index (κ3) is 2.70. The zero-order chi connectivity index (χ0) is 13.1. The van der Waals surface area contributed by atoms with E-state index in [9.17, 15) is 4.79 Å². The highest BCUT2D eigenvalue weighted by molar-refractivity contribution is 7.18. The molecule has 0 unspecified atom stereocenters. The number of aryl methyl sites for hydroxylation is 1. The predicted molar refractivity (Wildman–Crippen MR) is 74.1 cm³/mol. The van der Waals surface area contributed by atoms with Crippen molar-refractivity contribution in [1.29, 1.82) is 0 Å². The van der Waals surface area contributed by atoms with E-state index in [1.54, 1.807) is 12.3 Å². The molecule has 3 N–H and O–H groups in total. The number of hydrogen-bond donors (Lipinski definition) is 2. The first-order valence-electron chi connectivity index (χ1n) is 5.68. The first-order chi connectivity index (χ1) is 8.58. The molecule has 0 aliphatic rings. The molecule has 18 heavy (non-hydrogen) atoms. The largest absolute Gasteiger partial charge is 0.397 e. The van der Waals surface area contributed by atoms with Crippen LogP contribution in [0.4, 0.5) is 10.7 Å². The number of carbonyl (C=O) groups is 1. The lowest BCUT2D eigenvalue weighted by molar-refractivity contribution is 0.102. The fraction of sp³-hybridized carbons (Fsp3) is 0.333. The molecule has 2 aromatic heterocycles. The number of nitrogens with one attached hydrogen (secondary N) is 1. The molecule has 0 aliphatic heterocycles. The third-order valence-corrected chi connectivity index (χ3v) is 3.86. The van der Waals surface area contributed by atoms with E-state index in [2.05, 4.69) is 10.3 Å². The summed E-state index contributed by atoms with van der Waals surface area (Å²) in [6.45, 7) is 2.29. The first-order valence-corrected chi connectivity index (χ1v) is 6.50. The van der Waals surface area contributed by atoms with Crippen molar-refractivity contribution in [3.05, 3.63) is 29.2 Å². The number of thiophene rings is 1. The molecule has 0 atom stereocenters. The van der Waals surface area contributed by atoms with Gasteiger partial charge in [-0.05, 0) is 6.07 Å². The van der Waals surface area contributed by atoms with E-state index in [4.69, 9.17) is 5.73 Å². The molecule has 0 radical (unpaired) electrons. The number of Topliss-reactive ketones (excluding diaryl/α,β-unsaturated/α-hetero) is 1. The highest BCUT2D eigenvalue weighted by Gasteiger charge is 2.10. The fourth-order valence-electron chi connectivity index (χ4n) is 1.70. The van der Waals surface area contributed by atoms with Crippen LogP contribution in [0.3, 0.4) is 0 Å². The second-order valence-electron chi connectivity index (χ2n) is 4.08. The summed E-state index contributed by atoms with van der Waals surface area (Å²) in [5, 5.41) is 4.18. The molecular formula is C12H16N4OS. The van der Waals surface area contributed by atoms with Gasteiger partial charge in [0.25, 0.3) is 0 Å². The number of anilines is 2. The number of nitrogen functional groups attached to an aromatic ring is 1. The number of hydrogen-bond acceptors (Lipinski definition) is 5. The normalized spacial score (nSPS) is 10.6. The van der Waals surface area contributed by atoms with E-state index in [1.165, 1.54) is 18.3 Å². The summed E-state index contributed by atoms with van der Waals surface area (Å²) in [7, 11) is 1.97. The molecule has 0 bridgehead atoms. The lowest BCUT2D eigenvalue weighted by atomic mass is 10.3. The Hall–Kier alpha value is -1.82. The molecule has 0 amide bonds. The Morgan fingerprint density at radius 1 is 1.61 bits per heavy atom. The van der Waals surface area contributed by atoms with Gasteiger partial charge < -0.3 is 15.6 Å². The van der Waals surface area contributed by atoms with Crippen LogP contribution in [0.15, 0.2) is 18.5 Å². The van der Waals surface area contributed by atoms with Crippen LogP contribution >= 0.6 is 11.3 Å². The summed E-state index contributed by atoms with van der Waals surface area (Å²) in [6, 6.07) is 1.81. The van der Waals surface area contributed by atoms with E-state index >= 15 is 0 Å². The van der Waals surface area contributed by atoms with Gasteiger partial charge in [0.1, 0.15) is 5.82 Å². The second kappa shape index (κ2) is 5.22. The Morgan fingerprint density at radius 2 is 2.39 bits per heavy atom. The summed E-state index contributed by atoms with van der Waals surface area (Å²) >= 11 is 1.40. The van der Waals surface area contributed by atoms with Crippen molar-refractivity contribution in [2.45, 2.75) is 13.3 Å². The van der Waals surface area contributed by atoms with E-state index in [1.807, 2.05) is 17.8 Å². The summed E-state index contributed by atoms with van der Waals surface area (Å²) in [5.74, 6) is 1.04. The molecular weight excluding hydrogens is 248 g/mol. The number of imidazole rings is 1. The molecule has 2 aromatic rings. The van der Waals surface area contributed by atoms with Gasteiger partial charge in [0.2, 0.25) is 0 Å². The van der Waals surface area contributed by atoms with Gasteiger partial charge >= 0.3 is 0 Å². The van der Waals surface area contributed by atoms with Gasteiger partial charge in [-0.25, -0.2) is 4.98 Å². The predicted octanol–water partition coefficient (Wildman–Crippen LogP) is 1.92. The smallest absolute Gasteiger partial charge is 0.171 e. The van der Waals surface area contributed by atoms with Gasteiger partial charge in [-0.1, -0.05) is 0 Å². The third-order valence-electron chi connectivity index (χ3n) is 2.65. The first kappa shape index (κ1) is 12.6. The van der Waals surface area contributed by atoms with E-state index in [0.717, 1.165) is 23.8 Å². The molecule has 96 valence electrons. The van der Waals surface area contributed by atoms with Crippen LogP contribution in [0.5, 0.6) is 0 Å². The second-order valence-corrected chi connectivity index (χ2v) is 5.13. The van der Waals surface area contributed by atoms with Gasteiger partial charge in [0.15, 0.2) is 5.78 Å². The Kier molecular flexibility index (Phi) is 3.66. The Morgan fingerprint density at radius 3 is 2.94 bits per heavy atom. The Balaban J connectivity index is 1.93. The Bertz CT molecular complexity index is 558. The van der Waals surface area contributed by atoms with Crippen LogP contribution in [-0.4, -0.2) is 21.9 Å². The van der Waals surface area contributed by atoms with Crippen molar-refractivity contribution in [2.75, 3.05) is 17.6 Å². The SMILES string of the molecule is CC(=O)c1sc(NCCc2nccn2C)cc1N. The highest BCUT2D eigenvalue weighted by Crippen LogP contribution is 2.29. The van der Waals surface area contributed by atoms with Crippen molar-refractivity contribution in [3.8, 4) is 0 Å². The van der Waals surface area contributed by atoms with Crippen LogP contribution in [0.2, 0.25) is 0 Å². The lowest BCUT2D eigenvalue weighted by Crippen LogP contribution is -2.07. The summed E-state index contributed by atoms with van der Waals surface area (Å²) in [4.78, 5) is 16.1. The van der Waals surface area contributed by atoms with Crippen molar-refractivity contribution in [3.63, 3.8) is 0 Å². The molecule has 0 fully saturated rings. The minimum atomic E-state index is 0.00894. The molecule has 0 aromatic carbocycles. The van der Waals surface area contributed by atoms with E-state index < -0.39 is 0 Å². The average molecular weight is 264 g/mol. The summed E-state index contributed by atoms with van der Waals surface area (Å²) in [6.07, 6.45) is 4.54. The highest BCUT2D eigenvalue weighted by atomic mass is 32.1. The quantitative estimate of drug-likeness (QED) is 0.809. The van der Waals surface area contributed by atoms with Crippen molar-refractivity contribution in [2.24, 2.45) is 7.05 Å². The standard InChI is InChI=1S/C12H16N4OS/c1-8(17)12-9(13)7-11(18-12)15-4-3-10-14-5-6-16(10)2/h5-7,15H,3-4,13H2,1-2H3. The van der Waals surface area contributed by atoms with Crippen LogP contribution in [-0.2, 0) is 13.5 Å². The van der Waals surface area contributed by atoms with Crippen LogP contribution in [0.25, 0.3) is 0 Å². The average Bonchev–Trinajstić information content (AvgIpc) is 2.86. The minimum Gasteiger partial charge on any atom is -0.397 e. The minimum absolute atomic E-state index is 0.00894. The zero-order valence-corrected chi connectivity index (χ0v) is 11.3. The monoisotopic (exact) mass is 264 g/mol.